The predicted molar refractivity (Wildman–Crippen MR) is 248 cm³/mol. The number of aromatic nitrogens is 3. The normalized spacial score (nSPS) is 11.4. The number of rotatable bonds is 17. The molecule has 3 aromatic heterocycles. The van der Waals surface area contributed by atoms with Gasteiger partial charge in [0.05, 0.1) is 41.5 Å². The predicted octanol–water partition coefficient (Wildman–Crippen LogP) is 9.75. The minimum Gasteiger partial charge on any atom is -0.507 e. The highest BCUT2D eigenvalue weighted by molar-refractivity contribution is 6.31. The highest BCUT2D eigenvalue weighted by atomic mass is 35.5. The van der Waals surface area contributed by atoms with Gasteiger partial charge >= 0.3 is 0 Å². The third-order valence-electron chi connectivity index (χ3n) is 8.87. The quantitative estimate of drug-likeness (QED) is 0.0379. The Hall–Kier alpha value is -6.59. The van der Waals surface area contributed by atoms with Gasteiger partial charge in [0.25, 0.3) is 0 Å². The summed E-state index contributed by atoms with van der Waals surface area (Å²) in [6.07, 6.45) is 9.65. The van der Waals surface area contributed by atoms with Gasteiger partial charge in [0, 0.05) is 49.5 Å². The molecule has 0 saturated carbocycles. The van der Waals surface area contributed by atoms with E-state index in [1.807, 2.05) is 30.3 Å². The molecule has 1 aliphatic heterocycles. The topological polar surface area (TPSA) is 195 Å². The van der Waals surface area contributed by atoms with Gasteiger partial charge in [0.15, 0.2) is 32.4 Å². The minimum atomic E-state index is -0.0939. The van der Waals surface area contributed by atoms with Crippen molar-refractivity contribution in [2.45, 2.75) is 25.5 Å². The van der Waals surface area contributed by atoms with Gasteiger partial charge < -0.3 is 43.4 Å². The van der Waals surface area contributed by atoms with E-state index in [-0.39, 0.29) is 49.4 Å². The molecule has 0 spiro atoms. The number of carbonyl (C=O) groups is 3. The second-order valence-corrected chi connectivity index (χ2v) is 14.2. The van der Waals surface area contributed by atoms with Crippen molar-refractivity contribution in [3.63, 3.8) is 0 Å². The maximum Gasteiger partial charge on any atom is 0.188 e. The van der Waals surface area contributed by atoms with Gasteiger partial charge in [-0.1, -0.05) is 65.7 Å². The van der Waals surface area contributed by atoms with Crippen LogP contribution >= 0.6 is 34.8 Å². The van der Waals surface area contributed by atoms with Crippen molar-refractivity contribution in [1.82, 2.24) is 15.0 Å². The third kappa shape index (κ3) is 16.1. The maximum absolute atomic E-state index is 11.3. The molecule has 1 aliphatic rings. The molecule has 4 heterocycles. The molecule has 15 nitrogen and oxygen atoms in total. The number of hydrogen-bond acceptors (Lipinski definition) is 15. The Bertz CT molecular complexity index is 2510. The molecule has 0 unspecified atom stereocenters. The lowest BCUT2D eigenvalue weighted by molar-refractivity contribution is 0.0501. The molecule has 0 atom stereocenters. The van der Waals surface area contributed by atoms with Crippen molar-refractivity contribution in [1.29, 1.82) is 0 Å². The average molecular weight is 963 g/mol. The molecule has 346 valence electrons. The molecule has 0 bridgehead atoms. The number of alkyl halides is 1. The van der Waals surface area contributed by atoms with Crippen LogP contribution in [0.15, 0.2) is 116 Å². The first-order valence-corrected chi connectivity index (χ1v) is 21.1. The highest BCUT2D eigenvalue weighted by Gasteiger charge is 2.15. The summed E-state index contributed by atoms with van der Waals surface area (Å²) in [7, 11) is 2.98. The van der Waals surface area contributed by atoms with E-state index in [2.05, 4.69) is 19.7 Å². The standard InChI is InChI=1S/C18H17NO4.C15H14ClNO4.C9H10O4.C6H5Cl2N/c20-11-15-16(21)4-1-5-17(15)23-12-14-3-2-8-19-18(14)13-6-9-22-10-7-13;1-19-10-21-14-6-2-5-13(12(14)8-18)20-9-11-4-3-7-17-15(11)16;1-12-6-13-9-4-2-3-8(11)7(9)5-10;7-4-5-2-1-3-9-6(5)8/h1-6,8,11,21H,7,9-10,12H2;2-8H,9-10H2,1H3;2-5,11H,6H2,1H3;1-3H,4H2. The summed E-state index contributed by atoms with van der Waals surface area (Å²) < 4.78 is 36.6. The number of carbonyl (C=O) groups excluding carboxylic acids is 3. The Labute approximate surface area is 396 Å². The number of halogens is 3. The number of pyridine rings is 3. The van der Waals surface area contributed by atoms with Crippen molar-refractivity contribution in [3.05, 3.63) is 165 Å². The van der Waals surface area contributed by atoms with E-state index in [0.717, 1.165) is 34.4 Å². The van der Waals surface area contributed by atoms with Gasteiger partial charge in [0.2, 0.25) is 0 Å². The number of aromatic hydroxyl groups is 2. The molecule has 66 heavy (non-hydrogen) atoms. The van der Waals surface area contributed by atoms with Crippen LogP contribution in [0.25, 0.3) is 5.57 Å². The van der Waals surface area contributed by atoms with Crippen LogP contribution in [0.5, 0.6) is 34.5 Å². The highest BCUT2D eigenvalue weighted by Crippen LogP contribution is 2.30. The summed E-state index contributed by atoms with van der Waals surface area (Å²) in [6, 6.07) is 25.5. The lowest BCUT2D eigenvalue weighted by Gasteiger charge is -2.16. The van der Waals surface area contributed by atoms with E-state index in [1.165, 1.54) is 26.4 Å². The lowest BCUT2D eigenvalue weighted by Crippen LogP contribution is -2.08. The van der Waals surface area contributed by atoms with Gasteiger partial charge in [-0.05, 0) is 66.6 Å². The lowest BCUT2D eigenvalue weighted by atomic mass is 10.0. The van der Waals surface area contributed by atoms with Gasteiger partial charge in [-0.3, -0.25) is 19.4 Å². The van der Waals surface area contributed by atoms with E-state index in [9.17, 15) is 24.6 Å². The fraction of sp³-hybridized carbons (Fsp3) is 0.208. The zero-order valence-electron chi connectivity index (χ0n) is 35.8. The Morgan fingerprint density at radius 1 is 0.591 bits per heavy atom. The molecule has 0 radical (unpaired) electrons. The SMILES string of the molecule is COCOc1cccc(O)c1C=O.COCOc1cccc(OCc2cccnc2Cl)c1C=O.ClCc1cccnc1Cl.O=Cc1c(O)cccc1OCc1cccnc1C1=CCOCC1. The number of ether oxygens (including phenoxy) is 7. The van der Waals surface area contributed by atoms with E-state index in [1.54, 1.807) is 73.2 Å². The van der Waals surface area contributed by atoms with E-state index in [4.69, 9.17) is 63.2 Å². The Morgan fingerprint density at radius 2 is 1.05 bits per heavy atom. The smallest absolute Gasteiger partial charge is 0.188 e. The number of hydrogen-bond donors (Lipinski definition) is 2. The summed E-state index contributed by atoms with van der Waals surface area (Å²) in [4.78, 5) is 45.1. The number of nitrogens with zero attached hydrogens (tertiary/aromatic N) is 3. The van der Waals surface area contributed by atoms with Crippen LogP contribution < -0.4 is 18.9 Å². The summed E-state index contributed by atoms with van der Waals surface area (Å²) in [5.74, 6) is 1.74. The molecule has 0 aliphatic carbocycles. The largest absolute Gasteiger partial charge is 0.507 e. The van der Waals surface area contributed by atoms with Crippen molar-refractivity contribution in [2.75, 3.05) is 41.0 Å². The first-order chi connectivity index (χ1) is 32.2. The zero-order chi connectivity index (χ0) is 47.5. The molecule has 3 aromatic carbocycles. The van der Waals surface area contributed by atoms with E-state index < -0.39 is 0 Å². The molecule has 0 amide bonds. The summed E-state index contributed by atoms with van der Waals surface area (Å²) >= 11 is 17.1. The van der Waals surface area contributed by atoms with Crippen LogP contribution in [0.3, 0.4) is 0 Å². The van der Waals surface area contributed by atoms with Crippen LogP contribution in [-0.4, -0.2) is 85.0 Å². The van der Waals surface area contributed by atoms with Crippen molar-refractivity contribution in [2.24, 2.45) is 0 Å². The van der Waals surface area contributed by atoms with Crippen LogP contribution in [0.1, 0.15) is 59.9 Å². The van der Waals surface area contributed by atoms with Crippen molar-refractivity contribution < 1.29 is 57.8 Å². The number of phenols is 2. The molecule has 7 rings (SSSR count). The Balaban J connectivity index is 0.000000203. The molecule has 6 aromatic rings. The second kappa shape index (κ2) is 29.0. The van der Waals surface area contributed by atoms with E-state index in [0.29, 0.717) is 76.8 Å². The maximum atomic E-state index is 11.3. The van der Waals surface area contributed by atoms with E-state index >= 15 is 0 Å². The van der Waals surface area contributed by atoms with Gasteiger partial charge in [0.1, 0.15) is 58.0 Å². The van der Waals surface area contributed by atoms with Crippen LogP contribution in [-0.2, 0) is 33.3 Å². The molecular formula is C48H46Cl3N3O12. The zero-order valence-corrected chi connectivity index (χ0v) is 38.1. The second-order valence-electron chi connectivity index (χ2n) is 13.2. The molecular weight excluding hydrogens is 917 g/mol. The Kier molecular flexibility index (Phi) is 22.9. The molecule has 2 N–H and O–H groups in total. The fourth-order valence-electron chi connectivity index (χ4n) is 5.63. The van der Waals surface area contributed by atoms with Crippen LogP contribution in [0.2, 0.25) is 10.3 Å². The average Bonchev–Trinajstić information content (AvgIpc) is 3.35. The summed E-state index contributed by atoms with van der Waals surface area (Å²) in [5.41, 5.74) is 5.20. The fourth-order valence-corrected chi connectivity index (χ4v) is 6.28. The number of phenolic OH excluding ortho intramolecular Hbond substituents is 2. The molecule has 0 fully saturated rings. The molecule has 18 heteroatoms. The number of benzene rings is 3. The minimum absolute atomic E-state index is 0.0459. The molecule has 0 saturated heterocycles. The number of methoxy groups -OCH3 is 2. The van der Waals surface area contributed by atoms with Gasteiger partial charge in [-0.2, -0.15) is 0 Å². The third-order valence-corrected chi connectivity index (χ3v) is 9.84. The first-order valence-electron chi connectivity index (χ1n) is 19.8. The summed E-state index contributed by atoms with van der Waals surface area (Å²) in [6.45, 7) is 1.86. The van der Waals surface area contributed by atoms with Gasteiger partial charge in [-0.25, -0.2) is 9.97 Å². The first kappa shape index (κ1) is 52.0. The van der Waals surface area contributed by atoms with Gasteiger partial charge in [-0.15, -0.1) is 11.6 Å². The number of aldehydes is 3. The van der Waals surface area contributed by atoms with Crippen molar-refractivity contribution in [3.8, 4) is 34.5 Å². The van der Waals surface area contributed by atoms with Crippen LogP contribution in [0.4, 0.5) is 0 Å². The Morgan fingerprint density at radius 3 is 1.52 bits per heavy atom. The van der Waals surface area contributed by atoms with Crippen LogP contribution in [0, 0.1) is 0 Å². The van der Waals surface area contributed by atoms with Crippen molar-refractivity contribution >= 4 is 59.2 Å². The monoisotopic (exact) mass is 961 g/mol. The summed E-state index contributed by atoms with van der Waals surface area (Å²) in [5, 5.41) is 19.8.